The lowest BCUT2D eigenvalue weighted by atomic mass is 9.68. The van der Waals surface area contributed by atoms with Crippen LogP contribution in [0.2, 0.25) is 0 Å². The van der Waals surface area contributed by atoms with Crippen LogP contribution in [0.25, 0.3) is 0 Å². The first-order chi connectivity index (χ1) is 8.43. The molecule has 3 heteroatoms. The minimum absolute atomic E-state index is 0.0770. The number of rotatable bonds is 2. The molecule has 1 N–H and O–H groups in total. The summed E-state index contributed by atoms with van der Waals surface area (Å²) in [5, 5.41) is 3.21. The van der Waals surface area contributed by atoms with E-state index < -0.39 is 0 Å². The van der Waals surface area contributed by atoms with Crippen LogP contribution in [0.3, 0.4) is 0 Å². The van der Waals surface area contributed by atoms with Crippen molar-refractivity contribution >= 4 is 5.91 Å². The Hall–Kier alpha value is -1.25. The lowest BCUT2D eigenvalue weighted by Crippen LogP contribution is -2.52. The molecule has 1 aromatic heterocycles. The Morgan fingerprint density at radius 3 is 2.78 bits per heavy atom. The molecule has 0 aromatic carbocycles. The van der Waals surface area contributed by atoms with Gasteiger partial charge in [0.25, 0.3) is 5.91 Å². The van der Waals surface area contributed by atoms with Crippen LogP contribution in [0.5, 0.6) is 0 Å². The first-order valence-corrected chi connectivity index (χ1v) is 6.78. The number of fused-ring (bicyclic) bond motifs is 2. The Kier molecular flexibility index (Phi) is 2.38. The molecule has 0 saturated heterocycles. The summed E-state index contributed by atoms with van der Waals surface area (Å²) < 4.78 is 5.17. The molecule has 2 bridgehead atoms. The molecule has 0 spiro atoms. The molecule has 2 fully saturated rings. The Bertz CT molecular complexity index is 458. The number of carbonyl (C=O) groups excluding carboxylic acids is 1. The summed E-state index contributed by atoms with van der Waals surface area (Å²) >= 11 is 0. The molecule has 1 aromatic rings. The standard InChI is InChI=1S/C15H21NO2/c1-14(2)10-6-7-15(3,9-10)13(14)16-12(17)11-5-4-8-18-11/h4-5,8,10,13H,6-7,9H2,1-3H3,(H,16,17)/t10-,13-,15+/m0/s1. The molecule has 0 radical (unpaired) electrons. The van der Waals surface area contributed by atoms with Crippen LogP contribution in [0.1, 0.15) is 50.6 Å². The van der Waals surface area contributed by atoms with Gasteiger partial charge in [-0.1, -0.05) is 20.8 Å². The monoisotopic (exact) mass is 247 g/mol. The molecule has 1 heterocycles. The fourth-order valence-corrected chi connectivity index (χ4v) is 4.27. The lowest BCUT2D eigenvalue weighted by Gasteiger charge is -2.42. The second kappa shape index (κ2) is 3.62. The van der Waals surface area contributed by atoms with E-state index in [1.54, 1.807) is 18.4 Å². The molecule has 3 rings (SSSR count). The largest absolute Gasteiger partial charge is 0.459 e. The van der Waals surface area contributed by atoms with Gasteiger partial charge in [-0.15, -0.1) is 0 Å². The third-order valence-corrected chi connectivity index (χ3v) is 5.29. The summed E-state index contributed by atoms with van der Waals surface area (Å²) in [5.41, 5.74) is 0.450. The second-order valence-corrected chi connectivity index (χ2v) is 6.80. The zero-order valence-electron chi connectivity index (χ0n) is 11.3. The van der Waals surface area contributed by atoms with E-state index in [-0.39, 0.29) is 22.8 Å². The molecule has 3 atom stereocenters. The predicted molar refractivity (Wildman–Crippen MR) is 69.2 cm³/mol. The first-order valence-electron chi connectivity index (χ1n) is 6.78. The van der Waals surface area contributed by atoms with Crippen LogP contribution < -0.4 is 5.32 Å². The third-order valence-electron chi connectivity index (χ3n) is 5.29. The molecule has 0 aliphatic heterocycles. The maximum atomic E-state index is 12.2. The van der Waals surface area contributed by atoms with E-state index in [0.717, 1.165) is 5.92 Å². The average Bonchev–Trinajstić information content (AvgIpc) is 2.96. The lowest BCUT2D eigenvalue weighted by molar-refractivity contribution is 0.0713. The van der Waals surface area contributed by atoms with E-state index in [1.807, 2.05) is 0 Å². The highest BCUT2D eigenvalue weighted by Gasteiger charge is 2.59. The highest BCUT2D eigenvalue weighted by Crippen LogP contribution is 2.62. The quantitative estimate of drug-likeness (QED) is 0.871. The van der Waals surface area contributed by atoms with Gasteiger partial charge in [0.15, 0.2) is 5.76 Å². The van der Waals surface area contributed by atoms with E-state index in [9.17, 15) is 4.79 Å². The van der Waals surface area contributed by atoms with Crippen molar-refractivity contribution in [3.63, 3.8) is 0 Å². The maximum absolute atomic E-state index is 12.2. The molecular weight excluding hydrogens is 226 g/mol. The fraction of sp³-hybridized carbons (Fsp3) is 0.667. The topological polar surface area (TPSA) is 42.2 Å². The summed E-state index contributed by atoms with van der Waals surface area (Å²) in [4.78, 5) is 12.2. The van der Waals surface area contributed by atoms with Gasteiger partial charge >= 0.3 is 0 Å². The summed E-state index contributed by atoms with van der Waals surface area (Å²) in [5.74, 6) is 1.08. The first kappa shape index (κ1) is 11.8. The Balaban J connectivity index is 1.82. The van der Waals surface area contributed by atoms with Crippen molar-refractivity contribution in [2.24, 2.45) is 16.7 Å². The van der Waals surface area contributed by atoms with Gasteiger partial charge in [0, 0.05) is 6.04 Å². The highest BCUT2D eigenvalue weighted by molar-refractivity contribution is 5.91. The van der Waals surface area contributed by atoms with Gasteiger partial charge in [-0.3, -0.25) is 4.79 Å². The van der Waals surface area contributed by atoms with E-state index >= 15 is 0 Å². The zero-order chi connectivity index (χ0) is 13.0. The number of nitrogens with one attached hydrogen (secondary N) is 1. The molecule has 2 aliphatic carbocycles. The minimum atomic E-state index is -0.0770. The van der Waals surface area contributed by atoms with Crippen LogP contribution in [0, 0.1) is 16.7 Å². The molecule has 0 unspecified atom stereocenters. The van der Waals surface area contributed by atoms with Crippen molar-refractivity contribution in [3.05, 3.63) is 24.2 Å². The van der Waals surface area contributed by atoms with E-state index in [4.69, 9.17) is 4.42 Å². The average molecular weight is 247 g/mol. The van der Waals surface area contributed by atoms with Crippen molar-refractivity contribution < 1.29 is 9.21 Å². The van der Waals surface area contributed by atoms with Crippen LogP contribution in [0.15, 0.2) is 22.8 Å². The molecule has 2 aliphatic rings. The molecule has 1 amide bonds. The molecule has 2 saturated carbocycles. The van der Waals surface area contributed by atoms with Gasteiger partial charge in [-0.25, -0.2) is 0 Å². The van der Waals surface area contributed by atoms with E-state index in [1.165, 1.54) is 19.3 Å². The van der Waals surface area contributed by atoms with Gasteiger partial charge in [0.05, 0.1) is 6.26 Å². The van der Waals surface area contributed by atoms with Crippen molar-refractivity contribution in [3.8, 4) is 0 Å². The number of furan rings is 1. The molecular formula is C15H21NO2. The SMILES string of the molecule is CC1(C)[C@H]2CC[C@](C)(C2)[C@H]1NC(=O)c1ccco1. The van der Waals surface area contributed by atoms with Gasteiger partial charge in [-0.05, 0) is 48.1 Å². The van der Waals surface area contributed by atoms with Crippen molar-refractivity contribution in [1.29, 1.82) is 0 Å². The Labute approximate surface area is 108 Å². The summed E-state index contributed by atoms with van der Waals surface area (Å²) in [6, 6.07) is 3.72. The fourth-order valence-electron chi connectivity index (χ4n) is 4.27. The van der Waals surface area contributed by atoms with Gasteiger partial charge in [0.2, 0.25) is 0 Å². The van der Waals surface area contributed by atoms with Crippen LogP contribution in [-0.2, 0) is 0 Å². The summed E-state index contributed by atoms with van der Waals surface area (Å²) in [7, 11) is 0. The van der Waals surface area contributed by atoms with Crippen molar-refractivity contribution in [1.82, 2.24) is 5.32 Å². The number of amides is 1. The molecule has 3 nitrogen and oxygen atoms in total. The third kappa shape index (κ3) is 1.53. The van der Waals surface area contributed by atoms with Crippen LogP contribution >= 0.6 is 0 Å². The van der Waals surface area contributed by atoms with E-state index in [2.05, 4.69) is 26.1 Å². The predicted octanol–water partition coefficient (Wildman–Crippen LogP) is 3.22. The minimum Gasteiger partial charge on any atom is -0.459 e. The summed E-state index contributed by atoms with van der Waals surface area (Å²) in [6.45, 7) is 6.89. The second-order valence-electron chi connectivity index (χ2n) is 6.80. The highest BCUT2D eigenvalue weighted by atomic mass is 16.3. The van der Waals surface area contributed by atoms with Gasteiger partial charge in [0.1, 0.15) is 0 Å². The maximum Gasteiger partial charge on any atom is 0.287 e. The number of hydrogen-bond donors (Lipinski definition) is 1. The summed E-state index contributed by atoms with van der Waals surface area (Å²) in [6.07, 6.45) is 5.31. The Morgan fingerprint density at radius 1 is 1.44 bits per heavy atom. The zero-order valence-corrected chi connectivity index (χ0v) is 11.3. The molecule has 98 valence electrons. The number of carbonyl (C=O) groups is 1. The van der Waals surface area contributed by atoms with Crippen LogP contribution in [-0.4, -0.2) is 11.9 Å². The van der Waals surface area contributed by atoms with Crippen LogP contribution in [0.4, 0.5) is 0 Å². The van der Waals surface area contributed by atoms with E-state index in [0.29, 0.717) is 5.76 Å². The molecule has 18 heavy (non-hydrogen) atoms. The van der Waals surface area contributed by atoms with Crippen molar-refractivity contribution in [2.75, 3.05) is 0 Å². The van der Waals surface area contributed by atoms with Gasteiger partial charge in [-0.2, -0.15) is 0 Å². The van der Waals surface area contributed by atoms with Gasteiger partial charge < -0.3 is 9.73 Å². The number of hydrogen-bond acceptors (Lipinski definition) is 2. The Morgan fingerprint density at radius 2 is 2.22 bits per heavy atom. The normalized spacial score (nSPS) is 36.8. The smallest absolute Gasteiger partial charge is 0.287 e. The van der Waals surface area contributed by atoms with Crippen molar-refractivity contribution in [2.45, 2.75) is 46.1 Å².